The molecule has 1 aliphatic rings. The molecule has 0 heterocycles. The van der Waals surface area contributed by atoms with E-state index in [4.69, 9.17) is 4.74 Å². The van der Waals surface area contributed by atoms with Gasteiger partial charge in [-0.05, 0) is 45.4 Å². The Morgan fingerprint density at radius 1 is 1.44 bits per heavy atom. The van der Waals surface area contributed by atoms with Gasteiger partial charge in [-0.15, -0.1) is 0 Å². The van der Waals surface area contributed by atoms with Gasteiger partial charge in [0.05, 0.1) is 0 Å². The minimum absolute atomic E-state index is 0.0645. The van der Waals surface area contributed by atoms with Crippen molar-refractivity contribution in [2.75, 3.05) is 13.2 Å². The van der Waals surface area contributed by atoms with E-state index in [9.17, 15) is 9.90 Å². The minimum atomic E-state index is -0.449. The van der Waals surface area contributed by atoms with Crippen molar-refractivity contribution in [2.45, 2.75) is 52.1 Å². The number of nitrogens with one attached hydrogen (secondary N) is 1. The quantitative estimate of drug-likeness (QED) is 0.775. The van der Waals surface area contributed by atoms with E-state index < -0.39 is 5.60 Å². The summed E-state index contributed by atoms with van der Waals surface area (Å²) in [5, 5.41) is 12.0. The molecule has 0 radical (unpaired) electrons. The fraction of sp³-hybridized carbons (Fsp3) is 0.917. The third-order valence-corrected chi connectivity index (χ3v) is 3.07. The number of rotatable bonds is 4. The third kappa shape index (κ3) is 4.00. The maximum atomic E-state index is 11.3. The Balaban J connectivity index is 2.18. The van der Waals surface area contributed by atoms with Crippen LogP contribution in [0.25, 0.3) is 0 Å². The fourth-order valence-corrected chi connectivity index (χ4v) is 1.91. The molecule has 4 heteroatoms. The number of hydrogen-bond donors (Lipinski definition) is 2. The summed E-state index contributed by atoms with van der Waals surface area (Å²) in [6.45, 7) is 6.33. The average molecular weight is 229 g/mol. The van der Waals surface area contributed by atoms with Gasteiger partial charge in [0, 0.05) is 13.2 Å². The van der Waals surface area contributed by atoms with Gasteiger partial charge in [0.2, 0.25) is 0 Å². The number of aliphatic hydroxyl groups is 1. The molecular formula is C12H23NO3. The lowest BCUT2D eigenvalue weighted by atomic mass is 9.67. The van der Waals surface area contributed by atoms with Crippen LogP contribution in [0.1, 0.15) is 46.5 Å². The molecule has 1 fully saturated rings. The first-order chi connectivity index (χ1) is 7.37. The summed E-state index contributed by atoms with van der Waals surface area (Å²) in [7, 11) is 0. The van der Waals surface area contributed by atoms with Crippen LogP contribution in [0.5, 0.6) is 0 Å². The fourth-order valence-electron chi connectivity index (χ4n) is 1.91. The lowest BCUT2D eigenvalue weighted by molar-refractivity contribution is 0.0309. The predicted octanol–water partition coefficient (Wildman–Crippen LogP) is 2.06. The molecule has 0 aromatic heterocycles. The summed E-state index contributed by atoms with van der Waals surface area (Å²) in [6.07, 6.45) is 3.79. The molecule has 1 amide bonds. The van der Waals surface area contributed by atoms with E-state index in [0.29, 0.717) is 6.54 Å². The van der Waals surface area contributed by atoms with Crippen LogP contribution in [0, 0.1) is 5.41 Å². The summed E-state index contributed by atoms with van der Waals surface area (Å²) in [6, 6.07) is 0. The minimum Gasteiger partial charge on any atom is -0.444 e. The van der Waals surface area contributed by atoms with Gasteiger partial charge in [0.25, 0.3) is 0 Å². The van der Waals surface area contributed by atoms with Crippen molar-refractivity contribution in [3.8, 4) is 0 Å². The molecule has 16 heavy (non-hydrogen) atoms. The summed E-state index contributed by atoms with van der Waals surface area (Å²) >= 11 is 0. The summed E-state index contributed by atoms with van der Waals surface area (Å²) in [4.78, 5) is 11.3. The highest BCUT2D eigenvalue weighted by Crippen LogP contribution is 2.42. The summed E-state index contributed by atoms with van der Waals surface area (Å²) in [5.74, 6) is 0. The highest BCUT2D eigenvalue weighted by atomic mass is 16.6. The third-order valence-electron chi connectivity index (χ3n) is 3.07. The van der Waals surface area contributed by atoms with E-state index in [1.165, 1.54) is 6.42 Å². The van der Waals surface area contributed by atoms with Gasteiger partial charge in [-0.25, -0.2) is 4.79 Å². The first kappa shape index (κ1) is 13.3. The van der Waals surface area contributed by atoms with E-state index in [2.05, 4.69) is 5.32 Å². The van der Waals surface area contributed by atoms with Gasteiger partial charge in [0.15, 0.2) is 0 Å². The normalized spacial score (nSPS) is 18.8. The number of alkyl carbamates (subject to hydrolysis) is 1. The largest absolute Gasteiger partial charge is 0.444 e. The number of hydrogen-bond acceptors (Lipinski definition) is 3. The lowest BCUT2D eigenvalue weighted by Crippen LogP contribution is -2.39. The Hall–Kier alpha value is -0.770. The Morgan fingerprint density at radius 3 is 2.44 bits per heavy atom. The van der Waals surface area contributed by atoms with Crippen molar-refractivity contribution in [3.05, 3.63) is 0 Å². The molecule has 0 bridgehead atoms. The SMILES string of the molecule is CC(C)(C)OC(=O)NCCC1(CO)CCC1. The van der Waals surface area contributed by atoms with E-state index in [0.717, 1.165) is 19.3 Å². The Labute approximate surface area is 97.4 Å². The zero-order chi connectivity index (χ0) is 12.2. The Bertz CT molecular complexity index is 236. The van der Waals surface area contributed by atoms with Gasteiger partial charge < -0.3 is 15.2 Å². The van der Waals surface area contributed by atoms with E-state index in [1.807, 2.05) is 20.8 Å². The lowest BCUT2D eigenvalue weighted by Gasteiger charge is -2.40. The van der Waals surface area contributed by atoms with Crippen molar-refractivity contribution in [1.29, 1.82) is 0 Å². The van der Waals surface area contributed by atoms with Crippen LogP contribution in [0.4, 0.5) is 4.79 Å². The number of aliphatic hydroxyl groups excluding tert-OH is 1. The van der Waals surface area contributed by atoms with Gasteiger partial charge >= 0.3 is 6.09 Å². The monoisotopic (exact) mass is 229 g/mol. The maximum absolute atomic E-state index is 11.3. The van der Waals surface area contributed by atoms with Crippen LogP contribution in [0.3, 0.4) is 0 Å². The number of carbonyl (C=O) groups excluding carboxylic acids is 1. The van der Waals surface area contributed by atoms with E-state index >= 15 is 0 Å². The van der Waals surface area contributed by atoms with Crippen LogP contribution in [0.15, 0.2) is 0 Å². The molecular weight excluding hydrogens is 206 g/mol. The molecule has 4 nitrogen and oxygen atoms in total. The standard InChI is InChI=1S/C12H23NO3/c1-11(2,3)16-10(15)13-8-7-12(9-14)5-4-6-12/h14H,4-9H2,1-3H3,(H,13,15). The molecule has 0 saturated heterocycles. The average Bonchev–Trinajstić information content (AvgIpc) is 2.06. The molecule has 94 valence electrons. The van der Waals surface area contributed by atoms with E-state index in [1.54, 1.807) is 0 Å². The van der Waals surface area contributed by atoms with Crippen molar-refractivity contribution in [2.24, 2.45) is 5.41 Å². The molecule has 0 unspecified atom stereocenters. The smallest absolute Gasteiger partial charge is 0.407 e. The first-order valence-electron chi connectivity index (χ1n) is 5.95. The highest BCUT2D eigenvalue weighted by Gasteiger charge is 2.35. The second-order valence-electron chi connectivity index (χ2n) is 5.69. The second kappa shape index (κ2) is 5.04. The molecule has 2 N–H and O–H groups in total. The van der Waals surface area contributed by atoms with Gasteiger partial charge in [-0.1, -0.05) is 6.42 Å². The molecule has 1 aliphatic carbocycles. The van der Waals surface area contributed by atoms with Gasteiger partial charge in [-0.3, -0.25) is 0 Å². The van der Waals surface area contributed by atoms with Crippen LogP contribution < -0.4 is 5.32 Å². The zero-order valence-corrected chi connectivity index (χ0v) is 10.5. The molecule has 0 spiro atoms. The second-order valence-corrected chi connectivity index (χ2v) is 5.69. The van der Waals surface area contributed by atoms with Crippen molar-refractivity contribution >= 4 is 6.09 Å². The Morgan fingerprint density at radius 2 is 2.06 bits per heavy atom. The zero-order valence-electron chi connectivity index (χ0n) is 10.5. The van der Waals surface area contributed by atoms with Crippen LogP contribution >= 0.6 is 0 Å². The van der Waals surface area contributed by atoms with Crippen LogP contribution in [0.2, 0.25) is 0 Å². The summed E-state index contributed by atoms with van der Waals surface area (Å²) in [5.41, 5.74) is -0.385. The molecule has 0 atom stereocenters. The van der Waals surface area contributed by atoms with E-state index in [-0.39, 0.29) is 18.1 Å². The number of carbonyl (C=O) groups is 1. The Kier molecular flexibility index (Phi) is 4.19. The molecule has 1 saturated carbocycles. The van der Waals surface area contributed by atoms with Crippen molar-refractivity contribution in [1.82, 2.24) is 5.32 Å². The van der Waals surface area contributed by atoms with Crippen molar-refractivity contribution < 1.29 is 14.6 Å². The maximum Gasteiger partial charge on any atom is 0.407 e. The first-order valence-corrected chi connectivity index (χ1v) is 5.95. The molecule has 0 aliphatic heterocycles. The number of ether oxygens (including phenoxy) is 1. The van der Waals surface area contributed by atoms with Crippen LogP contribution in [-0.4, -0.2) is 30.0 Å². The van der Waals surface area contributed by atoms with Gasteiger partial charge in [-0.2, -0.15) is 0 Å². The summed E-state index contributed by atoms with van der Waals surface area (Å²) < 4.78 is 5.13. The van der Waals surface area contributed by atoms with Crippen molar-refractivity contribution in [3.63, 3.8) is 0 Å². The highest BCUT2D eigenvalue weighted by molar-refractivity contribution is 5.67. The molecule has 1 rings (SSSR count). The van der Waals surface area contributed by atoms with Gasteiger partial charge in [0.1, 0.15) is 5.60 Å². The van der Waals surface area contributed by atoms with Crippen LogP contribution in [-0.2, 0) is 4.74 Å². The number of amides is 1. The molecule has 0 aromatic carbocycles. The topological polar surface area (TPSA) is 58.6 Å². The predicted molar refractivity (Wildman–Crippen MR) is 62.2 cm³/mol. The molecule has 0 aromatic rings.